The Balaban J connectivity index is 1.95. The van der Waals surface area contributed by atoms with Gasteiger partial charge in [0.05, 0.1) is 23.9 Å². The van der Waals surface area contributed by atoms with E-state index in [0.717, 1.165) is 24.1 Å². The van der Waals surface area contributed by atoms with E-state index in [1.165, 1.54) is 12.8 Å². The van der Waals surface area contributed by atoms with Gasteiger partial charge in [0.2, 0.25) is 0 Å². The smallest absolute Gasteiger partial charge is 0.180 e. The first-order valence-corrected chi connectivity index (χ1v) is 7.80. The maximum absolute atomic E-state index is 6.42. The summed E-state index contributed by atoms with van der Waals surface area (Å²) < 4.78 is 13.1. The molecule has 0 unspecified atom stereocenters. The van der Waals surface area contributed by atoms with E-state index in [2.05, 4.69) is 5.10 Å². The first-order valence-electron chi connectivity index (χ1n) is 7.42. The maximum Gasteiger partial charge on any atom is 0.180 e. The molecule has 1 saturated carbocycles. The van der Waals surface area contributed by atoms with Gasteiger partial charge in [-0.25, -0.2) is 0 Å². The summed E-state index contributed by atoms with van der Waals surface area (Å²) in [7, 11) is 3.42. The van der Waals surface area contributed by atoms with Gasteiger partial charge in [-0.1, -0.05) is 11.6 Å². The molecule has 0 aliphatic heterocycles. The lowest BCUT2D eigenvalue weighted by Crippen LogP contribution is -2.12. The van der Waals surface area contributed by atoms with Gasteiger partial charge >= 0.3 is 0 Å². The minimum atomic E-state index is 0.225. The van der Waals surface area contributed by atoms with E-state index in [4.69, 9.17) is 26.8 Å². The molecule has 0 radical (unpaired) electrons. The summed E-state index contributed by atoms with van der Waals surface area (Å²) in [6.45, 7) is 0. The van der Waals surface area contributed by atoms with Crippen LogP contribution < -0.4 is 15.2 Å². The van der Waals surface area contributed by atoms with Crippen LogP contribution in [-0.4, -0.2) is 23.0 Å². The normalized spacial score (nSPS) is 15.2. The molecule has 6 heteroatoms. The Kier molecular flexibility index (Phi) is 4.16. The lowest BCUT2D eigenvalue weighted by Gasteiger charge is -2.18. The number of methoxy groups -OCH3 is 1. The van der Waals surface area contributed by atoms with Crippen molar-refractivity contribution in [1.29, 1.82) is 0 Å². The SMILES string of the molecule is COc1cc(-c2cc(N)n(C)n2)cc(Cl)c1OC1CCCC1. The van der Waals surface area contributed by atoms with Crippen LogP contribution in [0.5, 0.6) is 11.5 Å². The Morgan fingerprint density at radius 1 is 1.27 bits per heavy atom. The number of aromatic nitrogens is 2. The van der Waals surface area contributed by atoms with Gasteiger partial charge in [0.15, 0.2) is 11.5 Å². The van der Waals surface area contributed by atoms with Crippen molar-refractivity contribution in [2.45, 2.75) is 31.8 Å². The standard InChI is InChI=1S/C16H20ClN3O2/c1-20-15(18)9-13(19-20)10-7-12(17)16(14(8-10)21-2)22-11-5-3-4-6-11/h7-9,11H,3-6,18H2,1-2H3. The van der Waals surface area contributed by atoms with Gasteiger partial charge in [0.25, 0.3) is 0 Å². The minimum absolute atomic E-state index is 0.225. The van der Waals surface area contributed by atoms with Crippen molar-refractivity contribution < 1.29 is 9.47 Å². The summed E-state index contributed by atoms with van der Waals surface area (Å²) in [5.74, 6) is 1.83. The number of nitrogen functional groups attached to an aromatic ring is 1. The zero-order valence-corrected chi connectivity index (χ0v) is 13.6. The van der Waals surface area contributed by atoms with Gasteiger partial charge in [-0.05, 0) is 37.8 Å². The van der Waals surface area contributed by atoms with E-state index >= 15 is 0 Å². The number of anilines is 1. The Labute approximate surface area is 135 Å². The summed E-state index contributed by atoms with van der Waals surface area (Å²) in [5, 5.41) is 4.90. The predicted octanol–water partition coefficient (Wildman–Crippen LogP) is 3.65. The highest BCUT2D eigenvalue weighted by Crippen LogP contribution is 2.41. The first-order chi connectivity index (χ1) is 10.6. The molecule has 2 aromatic rings. The Bertz CT molecular complexity index is 659. The Morgan fingerprint density at radius 2 is 2.00 bits per heavy atom. The lowest BCUT2D eigenvalue weighted by atomic mass is 10.1. The van der Waals surface area contributed by atoms with Crippen LogP contribution in [0.2, 0.25) is 5.02 Å². The van der Waals surface area contributed by atoms with Crippen molar-refractivity contribution in [3.05, 3.63) is 23.2 Å². The highest BCUT2D eigenvalue weighted by atomic mass is 35.5. The summed E-state index contributed by atoms with van der Waals surface area (Å²) in [6.07, 6.45) is 4.77. The fraction of sp³-hybridized carbons (Fsp3) is 0.438. The van der Waals surface area contributed by atoms with Crippen LogP contribution in [-0.2, 0) is 7.05 Å². The van der Waals surface area contributed by atoms with Gasteiger partial charge in [-0.15, -0.1) is 0 Å². The average molecular weight is 322 g/mol. The summed E-state index contributed by atoms with van der Waals surface area (Å²) in [4.78, 5) is 0. The van der Waals surface area contributed by atoms with Crippen LogP contribution >= 0.6 is 11.6 Å². The number of ether oxygens (including phenoxy) is 2. The van der Waals surface area contributed by atoms with Crippen LogP contribution in [0.1, 0.15) is 25.7 Å². The van der Waals surface area contributed by atoms with Crippen LogP contribution in [0.3, 0.4) is 0 Å². The number of rotatable bonds is 4. The lowest BCUT2D eigenvalue weighted by molar-refractivity contribution is 0.201. The molecule has 1 heterocycles. The van der Waals surface area contributed by atoms with Crippen molar-refractivity contribution in [2.75, 3.05) is 12.8 Å². The molecule has 3 rings (SSSR count). The molecule has 5 nitrogen and oxygen atoms in total. The molecule has 1 fully saturated rings. The summed E-state index contributed by atoms with van der Waals surface area (Å²) in [6, 6.07) is 5.54. The highest BCUT2D eigenvalue weighted by molar-refractivity contribution is 6.32. The topological polar surface area (TPSA) is 62.3 Å². The van der Waals surface area contributed by atoms with Crippen molar-refractivity contribution >= 4 is 17.4 Å². The number of benzene rings is 1. The molecule has 1 aliphatic rings. The number of halogens is 1. The third kappa shape index (κ3) is 2.86. The molecule has 0 saturated heterocycles. The van der Waals surface area contributed by atoms with E-state index in [1.54, 1.807) is 18.8 Å². The summed E-state index contributed by atoms with van der Waals surface area (Å²) in [5.41, 5.74) is 7.45. The van der Waals surface area contributed by atoms with Gasteiger partial charge in [0.1, 0.15) is 5.82 Å². The summed E-state index contributed by atoms with van der Waals surface area (Å²) >= 11 is 6.42. The largest absolute Gasteiger partial charge is 0.493 e. The second-order valence-corrected chi connectivity index (χ2v) is 6.00. The van der Waals surface area contributed by atoms with Gasteiger partial charge < -0.3 is 15.2 Å². The van der Waals surface area contributed by atoms with Crippen molar-refractivity contribution in [2.24, 2.45) is 7.05 Å². The third-order valence-corrected chi connectivity index (χ3v) is 4.31. The van der Waals surface area contributed by atoms with Crippen molar-refractivity contribution in [3.63, 3.8) is 0 Å². The fourth-order valence-electron chi connectivity index (χ4n) is 2.78. The Morgan fingerprint density at radius 3 is 2.59 bits per heavy atom. The molecular weight excluding hydrogens is 302 g/mol. The number of nitrogens with zero attached hydrogens (tertiary/aromatic N) is 2. The van der Waals surface area contributed by atoms with Crippen LogP contribution in [0.4, 0.5) is 5.82 Å². The molecule has 1 aliphatic carbocycles. The van der Waals surface area contributed by atoms with Crippen LogP contribution in [0.15, 0.2) is 18.2 Å². The zero-order chi connectivity index (χ0) is 15.7. The first kappa shape index (κ1) is 15.0. The monoisotopic (exact) mass is 321 g/mol. The number of nitrogens with two attached hydrogens (primary N) is 1. The van der Waals surface area contributed by atoms with Crippen molar-refractivity contribution in [1.82, 2.24) is 9.78 Å². The zero-order valence-electron chi connectivity index (χ0n) is 12.8. The van der Waals surface area contributed by atoms with E-state index in [-0.39, 0.29) is 6.10 Å². The second kappa shape index (κ2) is 6.08. The molecule has 0 amide bonds. The van der Waals surface area contributed by atoms with Gasteiger partial charge in [-0.2, -0.15) is 5.10 Å². The van der Waals surface area contributed by atoms with E-state index in [9.17, 15) is 0 Å². The molecule has 1 aromatic carbocycles. The van der Waals surface area contributed by atoms with E-state index < -0.39 is 0 Å². The fourth-order valence-corrected chi connectivity index (χ4v) is 3.03. The molecule has 22 heavy (non-hydrogen) atoms. The minimum Gasteiger partial charge on any atom is -0.493 e. The van der Waals surface area contributed by atoms with Crippen LogP contribution in [0, 0.1) is 0 Å². The number of hydrogen-bond donors (Lipinski definition) is 1. The molecule has 0 spiro atoms. The van der Waals surface area contributed by atoms with Crippen molar-refractivity contribution in [3.8, 4) is 22.8 Å². The van der Waals surface area contributed by atoms with Gasteiger partial charge in [0, 0.05) is 18.7 Å². The van der Waals surface area contributed by atoms with Gasteiger partial charge in [-0.3, -0.25) is 4.68 Å². The predicted molar refractivity (Wildman–Crippen MR) is 87.5 cm³/mol. The average Bonchev–Trinajstić information content (AvgIpc) is 3.11. The number of aryl methyl sites for hydroxylation is 1. The molecule has 1 aromatic heterocycles. The Hall–Kier alpha value is -1.88. The highest BCUT2D eigenvalue weighted by Gasteiger charge is 2.21. The van der Waals surface area contributed by atoms with E-state index in [1.807, 2.05) is 18.2 Å². The molecular formula is C16H20ClN3O2. The molecule has 0 bridgehead atoms. The number of hydrogen-bond acceptors (Lipinski definition) is 4. The third-order valence-electron chi connectivity index (χ3n) is 4.03. The second-order valence-electron chi connectivity index (χ2n) is 5.59. The van der Waals surface area contributed by atoms with Crippen LogP contribution in [0.25, 0.3) is 11.3 Å². The van der Waals surface area contributed by atoms with E-state index in [0.29, 0.717) is 22.3 Å². The quantitative estimate of drug-likeness (QED) is 0.933. The molecule has 118 valence electrons. The molecule has 2 N–H and O–H groups in total. The maximum atomic E-state index is 6.42. The molecule has 0 atom stereocenters.